The molecule has 0 atom stereocenters. The van der Waals surface area contributed by atoms with Crippen molar-refractivity contribution in [3.8, 4) is 0 Å². The summed E-state index contributed by atoms with van der Waals surface area (Å²) >= 11 is 6.60. The Balaban J connectivity index is 2.63. The van der Waals surface area contributed by atoms with Gasteiger partial charge in [-0.25, -0.2) is 8.42 Å². The minimum atomic E-state index is -2.67. The molecule has 0 unspecified atom stereocenters. The average molecular weight is 292 g/mol. The van der Waals surface area contributed by atoms with Crippen molar-refractivity contribution in [2.24, 2.45) is 5.41 Å². The Labute approximate surface area is 77.6 Å². The number of hydrogen-bond donors (Lipinski definition) is 0. The van der Waals surface area contributed by atoms with Gasteiger partial charge >= 0.3 is 0 Å². The normalized spacial score (nSPS) is 27.4. The standard InChI is InChI=1S/C5H8Br2O2S/c6-1-5(2-7)3-10(8,9)4-5/h1-4H2. The molecule has 0 aromatic rings. The summed E-state index contributed by atoms with van der Waals surface area (Å²) in [5.74, 6) is 0.660. The quantitative estimate of drug-likeness (QED) is 0.716. The van der Waals surface area contributed by atoms with Crippen molar-refractivity contribution in [2.75, 3.05) is 22.2 Å². The van der Waals surface area contributed by atoms with Gasteiger partial charge in [0.2, 0.25) is 0 Å². The molecule has 0 saturated carbocycles. The fraction of sp³-hybridized carbons (Fsp3) is 1.00. The molecule has 0 spiro atoms. The smallest absolute Gasteiger partial charge is 0.151 e. The van der Waals surface area contributed by atoms with E-state index in [1.54, 1.807) is 0 Å². The molecule has 0 radical (unpaired) electrons. The SMILES string of the molecule is O=S1(=O)CC(CBr)(CBr)C1. The lowest BCUT2D eigenvalue weighted by molar-refractivity contribution is 0.433. The second-order valence-electron chi connectivity index (χ2n) is 2.80. The second-order valence-corrected chi connectivity index (χ2v) is 5.99. The van der Waals surface area contributed by atoms with Crippen molar-refractivity contribution < 1.29 is 8.42 Å². The first-order valence-corrected chi connectivity index (χ1v) is 6.92. The van der Waals surface area contributed by atoms with Crippen LogP contribution < -0.4 is 0 Å². The molecule has 60 valence electrons. The Morgan fingerprint density at radius 2 is 1.60 bits per heavy atom. The van der Waals surface area contributed by atoms with Crippen molar-refractivity contribution in [3.05, 3.63) is 0 Å². The van der Waals surface area contributed by atoms with Gasteiger partial charge in [-0.05, 0) is 0 Å². The zero-order valence-corrected chi connectivity index (χ0v) is 9.30. The topological polar surface area (TPSA) is 34.1 Å². The summed E-state index contributed by atoms with van der Waals surface area (Å²) in [7, 11) is -2.67. The van der Waals surface area contributed by atoms with Gasteiger partial charge in [0.05, 0.1) is 11.5 Å². The van der Waals surface area contributed by atoms with Crippen LogP contribution in [0.15, 0.2) is 0 Å². The molecule has 2 nitrogen and oxygen atoms in total. The molecular formula is C5H8Br2O2S. The van der Waals surface area contributed by atoms with Crippen LogP contribution in [0.5, 0.6) is 0 Å². The second kappa shape index (κ2) is 2.75. The van der Waals surface area contributed by atoms with E-state index >= 15 is 0 Å². The van der Waals surface area contributed by atoms with Crippen LogP contribution in [0.3, 0.4) is 0 Å². The van der Waals surface area contributed by atoms with E-state index in [4.69, 9.17) is 0 Å². The summed E-state index contributed by atoms with van der Waals surface area (Å²) in [6.45, 7) is 0. The maximum absolute atomic E-state index is 10.8. The molecule has 1 rings (SSSR count). The number of hydrogen-bond acceptors (Lipinski definition) is 2. The fourth-order valence-electron chi connectivity index (χ4n) is 1.08. The van der Waals surface area contributed by atoms with Gasteiger partial charge in [-0.3, -0.25) is 0 Å². The Morgan fingerprint density at radius 1 is 1.20 bits per heavy atom. The molecule has 0 aliphatic carbocycles. The van der Waals surface area contributed by atoms with E-state index in [1.165, 1.54) is 0 Å². The molecule has 1 fully saturated rings. The zero-order chi connectivity index (χ0) is 7.83. The maximum Gasteiger partial charge on any atom is 0.151 e. The first-order valence-electron chi connectivity index (χ1n) is 2.86. The van der Waals surface area contributed by atoms with Gasteiger partial charge < -0.3 is 0 Å². The maximum atomic E-state index is 10.8. The van der Waals surface area contributed by atoms with Crippen molar-refractivity contribution in [3.63, 3.8) is 0 Å². The van der Waals surface area contributed by atoms with Crippen LogP contribution in [-0.4, -0.2) is 30.6 Å². The van der Waals surface area contributed by atoms with Crippen LogP contribution in [-0.2, 0) is 9.84 Å². The van der Waals surface area contributed by atoms with Gasteiger partial charge in [0.25, 0.3) is 0 Å². The van der Waals surface area contributed by atoms with Gasteiger partial charge in [-0.15, -0.1) is 0 Å². The molecule has 0 aromatic carbocycles. The number of rotatable bonds is 2. The van der Waals surface area contributed by atoms with E-state index in [1.807, 2.05) is 0 Å². The van der Waals surface area contributed by atoms with Crippen molar-refractivity contribution in [1.82, 2.24) is 0 Å². The molecule has 0 N–H and O–H groups in total. The highest BCUT2D eigenvalue weighted by Crippen LogP contribution is 2.36. The Hall–Kier alpha value is 0.910. The zero-order valence-electron chi connectivity index (χ0n) is 5.31. The number of halogens is 2. The van der Waals surface area contributed by atoms with Crippen LogP contribution in [0.25, 0.3) is 0 Å². The molecule has 1 aliphatic heterocycles. The van der Waals surface area contributed by atoms with Gasteiger partial charge in [0, 0.05) is 16.1 Å². The van der Waals surface area contributed by atoms with Crippen LogP contribution in [0.4, 0.5) is 0 Å². The highest BCUT2D eigenvalue weighted by atomic mass is 79.9. The Kier molecular flexibility index (Phi) is 2.48. The minimum Gasteiger partial charge on any atom is -0.229 e. The molecule has 1 aliphatic rings. The monoisotopic (exact) mass is 290 g/mol. The Morgan fingerprint density at radius 3 is 1.70 bits per heavy atom. The fourth-order valence-corrected chi connectivity index (χ4v) is 6.04. The molecule has 1 saturated heterocycles. The first kappa shape index (κ1) is 9.00. The summed E-state index contributed by atoms with van der Waals surface area (Å²) < 4.78 is 21.6. The molecule has 0 aromatic heterocycles. The van der Waals surface area contributed by atoms with Crippen LogP contribution in [0.2, 0.25) is 0 Å². The summed E-state index contributed by atoms with van der Waals surface area (Å²) in [5, 5.41) is 1.54. The van der Waals surface area contributed by atoms with E-state index in [-0.39, 0.29) is 5.41 Å². The van der Waals surface area contributed by atoms with Gasteiger partial charge in [-0.2, -0.15) is 0 Å². The third-order valence-electron chi connectivity index (χ3n) is 1.62. The van der Waals surface area contributed by atoms with E-state index < -0.39 is 9.84 Å². The van der Waals surface area contributed by atoms with E-state index in [2.05, 4.69) is 31.9 Å². The largest absolute Gasteiger partial charge is 0.229 e. The van der Waals surface area contributed by atoms with Crippen molar-refractivity contribution >= 4 is 41.7 Å². The summed E-state index contributed by atoms with van der Waals surface area (Å²) in [6.07, 6.45) is 0. The van der Waals surface area contributed by atoms with Gasteiger partial charge in [0.1, 0.15) is 0 Å². The Bertz CT molecular complexity index is 204. The van der Waals surface area contributed by atoms with Crippen LogP contribution >= 0.6 is 31.9 Å². The molecule has 0 amide bonds. The highest BCUT2D eigenvalue weighted by Gasteiger charge is 2.46. The lowest BCUT2D eigenvalue weighted by atomic mass is 9.99. The van der Waals surface area contributed by atoms with Crippen LogP contribution in [0, 0.1) is 5.41 Å². The van der Waals surface area contributed by atoms with Crippen LogP contribution in [0.1, 0.15) is 0 Å². The van der Waals surface area contributed by atoms with E-state index in [0.29, 0.717) is 11.5 Å². The third kappa shape index (κ3) is 1.56. The highest BCUT2D eigenvalue weighted by molar-refractivity contribution is 9.09. The summed E-state index contributed by atoms with van der Waals surface area (Å²) in [6, 6.07) is 0. The summed E-state index contributed by atoms with van der Waals surface area (Å²) in [4.78, 5) is 0. The predicted octanol–water partition coefficient (Wildman–Crippen LogP) is 1.19. The van der Waals surface area contributed by atoms with Crippen molar-refractivity contribution in [2.45, 2.75) is 0 Å². The van der Waals surface area contributed by atoms with E-state index in [9.17, 15) is 8.42 Å². The molecule has 1 heterocycles. The van der Waals surface area contributed by atoms with Gasteiger partial charge in [0.15, 0.2) is 9.84 Å². The minimum absolute atomic E-state index is 0.0150. The van der Waals surface area contributed by atoms with Crippen molar-refractivity contribution in [1.29, 1.82) is 0 Å². The molecule has 5 heteroatoms. The molecule has 10 heavy (non-hydrogen) atoms. The van der Waals surface area contributed by atoms with Gasteiger partial charge in [-0.1, -0.05) is 31.9 Å². The first-order chi connectivity index (χ1) is 4.54. The predicted molar refractivity (Wildman–Crippen MR) is 48.7 cm³/mol. The molecular weight excluding hydrogens is 284 g/mol. The molecule has 0 bridgehead atoms. The lowest BCUT2D eigenvalue weighted by Gasteiger charge is -2.37. The third-order valence-corrected chi connectivity index (χ3v) is 6.10. The average Bonchev–Trinajstić information content (AvgIpc) is 1.82. The number of sulfone groups is 1. The lowest BCUT2D eigenvalue weighted by Crippen LogP contribution is -2.51. The van der Waals surface area contributed by atoms with E-state index in [0.717, 1.165) is 10.7 Å². The summed E-state index contributed by atoms with van der Waals surface area (Å²) in [5.41, 5.74) is -0.0150. The number of alkyl halides is 2.